The van der Waals surface area contributed by atoms with E-state index in [1.165, 1.54) is 19.2 Å². The van der Waals surface area contributed by atoms with Crippen LogP contribution in [0.4, 0.5) is 0 Å². The van der Waals surface area contributed by atoms with Crippen molar-refractivity contribution in [2.24, 2.45) is 0 Å². The highest BCUT2D eigenvalue weighted by Gasteiger charge is 2.50. The molecular formula is C14H20O8S. The molecule has 0 bridgehead atoms. The van der Waals surface area contributed by atoms with E-state index in [-0.39, 0.29) is 4.90 Å². The lowest BCUT2D eigenvalue weighted by Gasteiger charge is -2.41. The summed E-state index contributed by atoms with van der Waals surface area (Å²) in [6.45, 7) is 1.78. The summed E-state index contributed by atoms with van der Waals surface area (Å²) >= 11 is 0. The summed E-state index contributed by atoms with van der Waals surface area (Å²) < 4.78 is 34.8. The van der Waals surface area contributed by atoms with Crippen molar-refractivity contribution in [1.29, 1.82) is 0 Å². The third-order valence-electron chi connectivity index (χ3n) is 3.79. The normalized spacial score (nSPS) is 33.4. The fourth-order valence-corrected chi connectivity index (χ4v) is 3.72. The van der Waals surface area contributed by atoms with Gasteiger partial charge in [-0.05, 0) is 19.1 Å². The third-order valence-corrected chi connectivity index (χ3v) is 5.62. The van der Waals surface area contributed by atoms with E-state index in [0.717, 1.165) is 5.56 Å². The van der Waals surface area contributed by atoms with Crippen molar-refractivity contribution >= 4 is 9.84 Å². The van der Waals surface area contributed by atoms with Crippen molar-refractivity contribution in [2.75, 3.05) is 7.11 Å². The summed E-state index contributed by atoms with van der Waals surface area (Å²) in [5, 5.41) is 39.6. The molecular weight excluding hydrogens is 328 g/mol. The number of benzene rings is 1. The minimum absolute atomic E-state index is 0.152. The molecule has 0 amide bonds. The highest BCUT2D eigenvalue weighted by atomic mass is 32.2. The first-order valence-electron chi connectivity index (χ1n) is 6.91. The van der Waals surface area contributed by atoms with Gasteiger partial charge >= 0.3 is 0 Å². The van der Waals surface area contributed by atoms with Crippen LogP contribution in [0.5, 0.6) is 0 Å². The van der Waals surface area contributed by atoms with E-state index in [1.54, 1.807) is 19.1 Å². The molecule has 4 N–H and O–H groups in total. The zero-order chi connectivity index (χ0) is 17.4. The molecule has 2 rings (SSSR count). The molecule has 0 radical (unpaired) electrons. The van der Waals surface area contributed by atoms with Crippen molar-refractivity contribution < 1.29 is 38.3 Å². The van der Waals surface area contributed by atoms with Gasteiger partial charge in [-0.2, -0.15) is 0 Å². The van der Waals surface area contributed by atoms with Gasteiger partial charge in [-0.3, -0.25) is 0 Å². The molecule has 23 heavy (non-hydrogen) atoms. The Bertz CT molecular complexity index is 627. The van der Waals surface area contributed by atoms with E-state index < -0.39 is 46.0 Å². The monoisotopic (exact) mass is 348 g/mol. The van der Waals surface area contributed by atoms with Crippen LogP contribution in [0.1, 0.15) is 5.56 Å². The van der Waals surface area contributed by atoms with Gasteiger partial charge in [0.2, 0.25) is 9.84 Å². The van der Waals surface area contributed by atoms with Gasteiger partial charge in [0, 0.05) is 7.11 Å². The standard InChI is InChI=1S/C14H20O8S/c1-7-3-5-8(6-4-7)23(19,20)13(18)12-10(16)9(15)11(17)14(21-2)22-12/h3-6,9-18H,1-2H3/t9-,10-,11+,12-,13?,14-/m0/s1. The van der Waals surface area contributed by atoms with Gasteiger partial charge in [0.05, 0.1) is 4.90 Å². The Kier molecular flexibility index (Phi) is 5.41. The maximum absolute atomic E-state index is 12.4. The molecule has 0 aromatic heterocycles. The molecule has 1 aromatic carbocycles. The Morgan fingerprint density at radius 3 is 2.17 bits per heavy atom. The molecule has 8 nitrogen and oxygen atoms in total. The highest BCUT2D eigenvalue weighted by Crippen LogP contribution is 2.28. The largest absolute Gasteiger partial charge is 0.387 e. The molecule has 130 valence electrons. The SMILES string of the molecule is CO[C@H]1O[C@H](C(O)S(=O)(=O)c2ccc(C)cc2)[C@@H](O)[C@H](O)[C@H]1O. The maximum Gasteiger partial charge on any atom is 0.207 e. The van der Waals surface area contributed by atoms with Crippen LogP contribution in [0, 0.1) is 6.92 Å². The summed E-state index contributed by atoms with van der Waals surface area (Å²) in [5.74, 6) is 0. The fraction of sp³-hybridized carbons (Fsp3) is 0.571. The second-order valence-corrected chi connectivity index (χ2v) is 7.47. The molecule has 0 saturated carbocycles. The second-order valence-electron chi connectivity index (χ2n) is 5.43. The molecule has 1 saturated heterocycles. The van der Waals surface area contributed by atoms with Crippen molar-refractivity contribution in [3.05, 3.63) is 29.8 Å². The van der Waals surface area contributed by atoms with Crippen molar-refractivity contribution in [2.45, 2.75) is 48.0 Å². The first-order valence-corrected chi connectivity index (χ1v) is 8.46. The van der Waals surface area contributed by atoms with Crippen LogP contribution < -0.4 is 0 Å². The summed E-state index contributed by atoms with van der Waals surface area (Å²) in [4.78, 5) is -0.152. The van der Waals surface area contributed by atoms with E-state index in [2.05, 4.69) is 0 Å². The Balaban J connectivity index is 2.30. The quantitative estimate of drug-likeness (QED) is 0.519. The van der Waals surface area contributed by atoms with E-state index in [0.29, 0.717) is 0 Å². The average molecular weight is 348 g/mol. The van der Waals surface area contributed by atoms with Gasteiger partial charge in [-0.25, -0.2) is 8.42 Å². The van der Waals surface area contributed by atoms with Crippen LogP contribution in [0.3, 0.4) is 0 Å². The van der Waals surface area contributed by atoms with Crippen LogP contribution >= 0.6 is 0 Å². The molecule has 0 aliphatic carbocycles. The van der Waals surface area contributed by atoms with Crippen LogP contribution in [0.25, 0.3) is 0 Å². The Labute approximate surface area is 133 Å². The van der Waals surface area contributed by atoms with Gasteiger partial charge in [0.15, 0.2) is 11.7 Å². The summed E-state index contributed by atoms with van der Waals surface area (Å²) in [5.41, 5.74) is -1.30. The number of methoxy groups -OCH3 is 1. The Morgan fingerprint density at radius 1 is 1.09 bits per heavy atom. The molecule has 9 heteroatoms. The van der Waals surface area contributed by atoms with Crippen LogP contribution in [-0.4, -0.2) is 72.1 Å². The number of sulfone groups is 1. The first-order chi connectivity index (χ1) is 10.7. The lowest BCUT2D eigenvalue weighted by atomic mass is 9.99. The van der Waals surface area contributed by atoms with E-state index in [1.807, 2.05) is 0 Å². The summed E-state index contributed by atoms with van der Waals surface area (Å²) in [7, 11) is -3.06. The molecule has 1 aromatic rings. The summed E-state index contributed by atoms with van der Waals surface area (Å²) in [6.07, 6.45) is -8.14. The Hall–Kier alpha value is -1.07. The number of hydrogen-bond acceptors (Lipinski definition) is 8. The molecule has 1 fully saturated rings. The molecule has 1 unspecified atom stereocenters. The molecule has 6 atom stereocenters. The van der Waals surface area contributed by atoms with Gasteiger partial charge in [0.1, 0.15) is 24.4 Å². The third kappa shape index (κ3) is 3.41. The summed E-state index contributed by atoms with van der Waals surface area (Å²) in [6, 6.07) is 5.77. The number of hydrogen-bond donors (Lipinski definition) is 4. The van der Waals surface area contributed by atoms with E-state index in [9.17, 15) is 28.8 Å². The van der Waals surface area contributed by atoms with Gasteiger partial charge < -0.3 is 29.9 Å². The predicted molar refractivity (Wildman–Crippen MR) is 78.1 cm³/mol. The molecule has 1 aliphatic rings. The Morgan fingerprint density at radius 2 is 1.65 bits per heavy atom. The molecule has 1 aliphatic heterocycles. The van der Waals surface area contributed by atoms with Gasteiger partial charge in [0.25, 0.3) is 0 Å². The van der Waals surface area contributed by atoms with E-state index in [4.69, 9.17) is 9.47 Å². The van der Waals surface area contributed by atoms with Gasteiger partial charge in [-0.1, -0.05) is 17.7 Å². The topological polar surface area (TPSA) is 134 Å². The zero-order valence-electron chi connectivity index (χ0n) is 12.6. The minimum atomic E-state index is -4.24. The van der Waals surface area contributed by atoms with E-state index >= 15 is 0 Å². The predicted octanol–water partition coefficient (Wildman–Crippen LogP) is -1.46. The highest BCUT2D eigenvalue weighted by molar-refractivity contribution is 7.92. The second kappa shape index (κ2) is 6.81. The molecule has 1 heterocycles. The first kappa shape index (κ1) is 18.3. The average Bonchev–Trinajstić information content (AvgIpc) is 2.53. The van der Waals surface area contributed by atoms with Crippen molar-refractivity contribution in [3.63, 3.8) is 0 Å². The number of ether oxygens (including phenoxy) is 2. The van der Waals surface area contributed by atoms with Crippen LogP contribution in [-0.2, 0) is 19.3 Å². The lowest BCUT2D eigenvalue weighted by Crippen LogP contribution is -2.62. The number of aliphatic hydroxyl groups is 4. The number of aliphatic hydroxyl groups excluding tert-OH is 4. The fourth-order valence-electron chi connectivity index (χ4n) is 2.35. The zero-order valence-corrected chi connectivity index (χ0v) is 13.4. The smallest absolute Gasteiger partial charge is 0.207 e. The maximum atomic E-state index is 12.4. The van der Waals surface area contributed by atoms with Crippen molar-refractivity contribution in [3.8, 4) is 0 Å². The number of aryl methyl sites for hydroxylation is 1. The molecule has 0 spiro atoms. The minimum Gasteiger partial charge on any atom is -0.387 e. The van der Waals surface area contributed by atoms with Crippen LogP contribution in [0.2, 0.25) is 0 Å². The van der Waals surface area contributed by atoms with Gasteiger partial charge in [-0.15, -0.1) is 0 Å². The van der Waals surface area contributed by atoms with Crippen molar-refractivity contribution in [1.82, 2.24) is 0 Å². The number of rotatable bonds is 4. The lowest BCUT2D eigenvalue weighted by molar-refractivity contribution is -0.297. The van der Waals surface area contributed by atoms with Crippen LogP contribution in [0.15, 0.2) is 29.2 Å².